The third kappa shape index (κ3) is 3.20. The summed E-state index contributed by atoms with van der Waals surface area (Å²) in [5.41, 5.74) is 0.385. The molecule has 0 atom stereocenters. The summed E-state index contributed by atoms with van der Waals surface area (Å²) >= 11 is 3.91. The van der Waals surface area contributed by atoms with Crippen LogP contribution in [0.25, 0.3) is 0 Å². The van der Waals surface area contributed by atoms with Crippen molar-refractivity contribution < 1.29 is 9.90 Å². The predicted octanol–water partition coefficient (Wildman–Crippen LogP) is 2.54. The largest absolute Gasteiger partial charge is 0.477 e. The molecule has 0 aliphatic rings. The van der Waals surface area contributed by atoms with Crippen molar-refractivity contribution in [1.82, 2.24) is 4.57 Å². The zero-order valence-corrected chi connectivity index (χ0v) is 10.8. The average Bonchev–Trinajstić information content (AvgIpc) is 2.47. The van der Waals surface area contributed by atoms with Gasteiger partial charge in [0.15, 0.2) is 0 Å². The van der Waals surface area contributed by atoms with E-state index in [0.29, 0.717) is 5.69 Å². The normalized spacial score (nSPS) is 10.4. The Hall–Kier alpha value is -0.170. The van der Waals surface area contributed by atoms with Gasteiger partial charge in [0.1, 0.15) is 5.69 Å². The highest BCUT2D eigenvalue weighted by Gasteiger charge is 2.10. The second-order valence-electron chi connectivity index (χ2n) is 2.89. The number of thioether (sulfide) groups is 1. The van der Waals surface area contributed by atoms with Crippen molar-refractivity contribution in [1.29, 1.82) is 0 Å². The number of hydrogen-bond donors (Lipinski definition) is 1. The molecule has 0 bridgehead atoms. The van der Waals surface area contributed by atoms with Crippen molar-refractivity contribution >= 4 is 40.3 Å². The molecule has 1 rings (SSSR count). The number of aryl methyl sites for hydroxylation is 1. The number of carboxylic acid groups (broad SMARTS) is 1. The highest BCUT2D eigenvalue weighted by Crippen LogP contribution is 2.12. The van der Waals surface area contributed by atoms with Gasteiger partial charge in [-0.05, 0) is 47.1 Å². The second kappa shape index (κ2) is 5.65. The number of hydrogen-bond acceptors (Lipinski definition) is 2. The van der Waals surface area contributed by atoms with Crippen LogP contribution in [0.4, 0.5) is 0 Å². The van der Waals surface area contributed by atoms with Crippen molar-refractivity contribution in [2.45, 2.75) is 13.0 Å². The molecule has 1 aromatic rings. The van der Waals surface area contributed by atoms with Gasteiger partial charge in [-0.1, -0.05) is 0 Å². The molecule has 0 saturated carbocycles. The Bertz CT molecular complexity index is 325. The van der Waals surface area contributed by atoms with Crippen molar-refractivity contribution in [3.05, 3.63) is 21.5 Å². The number of nitrogens with zero attached hydrogens (tertiary/aromatic N) is 1. The molecule has 1 N–H and O–H groups in total. The highest BCUT2D eigenvalue weighted by atomic mass is 127. The van der Waals surface area contributed by atoms with Crippen LogP contribution < -0.4 is 0 Å². The summed E-state index contributed by atoms with van der Waals surface area (Å²) < 4.78 is 2.78. The lowest BCUT2D eigenvalue weighted by molar-refractivity contribution is 0.0685. The van der Waals surface area contributed by atoms with Crippen molar-refractivity contribution in [2.24, 2.45) is 0 Å². The molecule has 0 aliphatic heterocycles. The standard InChI is InChI=1S/C9H12INO2S/c1-14-4-2-3-11-6-7(10)5-8(11)9(12)13/h5-6H,2-4H2,1H3,(H,12,13). The molecule has 1 aromatic heterocycles. The maximum absolute atomic E-state index is 10.8. The first-order chi connectivity index (χ1) is 6.65. The monoisotopic (exact) mass is 325 g/mol. The summed E-state index contributed by atoms with van der Waals surface area (Å²) in [4.78, 5) is 10.8. The Morgan fingerprint density at radius 3 is 3.00 bits per heavy atom. The molecular formula is C9H12INO2S. The van der Waals surface area contributed by atoms with E-state index in [-0.39, 0.29) is 0 Å². The minimum absolute atomic E-state index is 0.385. The number of carbonyl (C=O) groups is 1. The highest BCUT2D eigenvalue weighted by molar-refractivity contribution is 14.1. The predicted molar refractivity (Wildman–Crippen MR) is 67.1 cm³/mol. The van der Waals surface area contributed by atoms with E-state index in [1.807, 2.05) is 6.20 Å². The van der Waals surface area contributed by atoms with Crippen LogP contribution in [0.5, 0.6) is 0 Å². The maximum Gasteiger partial charge on any atom is 0.352 e. The molecular weight excluding hydrogens is 313 g/mol. The van der Waals surface area contributed by atoms with Crippen LogP contribution in [0.2, 0.25) is 0 Å². The van der Waals surface area contributed by atoms with Gasteiger partial charge in [0.25, 0.3) is 0 Å². The van der Waals surface area contributed by atoms with Gasteiger partial charge in [0.05, 0.1) is 0 Å². The van der Waals surface area contributed by atoms with Gasteiger partial charge in [0, 0.05) is 16.3 Å². The Balaban J connectivity index is 2.69. The van der Waals surface area contributed by atoms with E-state index >= 15 is 0 Å². The van der Waals surface area contributed by atoms with E-state index in [4.69, 9.17) is 5.11 Å². The fourth-order valence-electron chi connectivity index (χ4n) is 1.22. The molecule has 5 heteroatoms. The Morgan fingerprint density at radius 2 is 2.43 bits per heavy atom. The number of halogens is 1. The van der Waals surface area contributed by atoms with Gasteiger partial charge in [-0.25, -0.2) is 4.79 Å². The molecule has 78 valence electrons. The summed E-state index contributed by atoms with van der Waals surface area (Å²) in [6.45, 7) is 0.783. The maximum atomic E-state index is 10.8. The van der Waals surface area contributed by atoms with Gasteiger partial charge in [-0.3, -0.25) is 0 Å². The topological polar surface area (TPSA) is 42.2 Å². The molecule has 0 radical (unpaired) electrons. The van der Waals surface area contributed by atoms with Gasteiger partial charge < -0.3 is 9.67 Å². The van der Waals surface area contributed by atoms with E-state index in [0.717, 1.165) is 22.3 Å². The summed E-state index contributed by atoms with van der Waals surface area (Å²) in [7, 11) is 0. The van der Waals surface area contributed by atoms with Crippen LogP contribution in [0.15, 0.2) is 12.3 Å². The third-order valence-electron chi connectivity index (χ3n) is 1.83. The first kappa shape index (κ1) is 11.9. The molecule has 0 aromatic carbocycles. The zero-order valence-electron chi connectivity index (χ0n) is 7.86. The molecule has 0 aliphatic carbocycles. The first-order valence-corrected chi connectivity index (χ1v) is 6.70. The van der Waals surface area contributed by atoms with E-state index < -0.39 is 5.97 Å². The van der Waals surface area contributed by atoms with Crippen molar-refractivity contribution in [3.63, 3.8) is 0 Å². The molecule has 3 nitrogen and oxygen atoms in total. The fourth-order valence-corrected chi connectivity index (χ4v) is 2.27. The van der Waals surface area contributed by atoms with Gasteiger partial charge in [-0.15, -0.1) is 0 Å². The lowest BCUT2D eigenvalue weighted by Crippen LogP contribution is -2.08. The third-order valence-corrected chi connectivity index (χ3v) is 3.12. The Morgan fingerprint density at radius 1 is 1.71 bits per heavy atom. The molecule has 0 spiro atoms. The van der Waals surface area contributed by atoms with Gasteiger partial charge >= 0.3 is 5.97 Å². The van der Waals surface area contributed by atoms with Crippen molar-refractivity contribution in [2.75, 3.05) is 12.0 Å². The molecule has 14 heavy (non-hydrogen) atoms. The smallest absolute Gasteiger partial charge is 0.352 e. The van der Waals surface area contributed by atoms with Crippen LogP contribution in [0.1, 0.15) is 16.9 Å². The SMILES string of the molecule is CSCCCn1cc(I)cc1C(=O)O. The van der Waals surface area contributed by atoms with Crippen LogP contribution in [0.3, 0.4) is 0 Å². The Labute approximate surface area is 101 Å². The van der Waals surface area contributed by atoms with E-state index in [1.54, 1.807) is 22.4 Å². The summed E-state index contributed by atoms with van der Waals surface area (Å²) in [6.07, 6.45) is 4.94. The van der Waals surface area contributed by atoms with Gasteiger partial charge in [0.2, 0.25) is 0 Å². The lowest BCUT2D eigenvalue weighted by atomic mass is 10.4. The van der Waals surface area contributed by atoms with Crippen molar-refractivity contribution in [3.8, 4) is 0 Å². The van der Waals surface area contributed by atoms with E-state index in [1.165, 1.54) is 0 Å². The zero-order chi connectivity index (χ0) is 10.6. The average molecular weight is 325 g/mol. The molecule has 0 fully saturated rings. The minimum atomic E-state index is -0.850. The quantitative estimate of drug-likeness (QED) is 0.668. The lowest BCUT2D eigenvalue weighted by Gasteiger charge is -2.04. The number of rotatable bonds is 5. The molecule has 0 amide bonds. The van der Waals surface area contributed by atoms with Gasteiger partial charge in [-0.2, -0.15) is 11.8 Å². The fraction of sp³-hybridized carbons (Fsp3) is 0.444. The molecule has 0 saturated heterocycles. The van der Waals surface area contributed by atoms with E-state index in [2.05, 4.69) is 28.8 Å². The van der Waals surface area contributed by atoms with Crippen LogP contribution >= 0.6 is 34.4 Å². The summed E-state index contributed by atoms with van der Waals surface area (Å²) in [6, 6.07) is 1.70. The van der Waals surface area contributed by atoms with Crippen LogP contribution in [0, 0.1) is 3.57 Å². The minimum Gasteiger partial charge on any atom is -0.477 e. The van der Waals surface area contributed by atoms with E-state index in [9.17, 15) is 4.79 Å². The summed E-state index contributed by atoms with van der Waals surface area (Å²) in [5.74, 6) is 0.213. The first-order valence-electron chi connectivity index (χ1n) is 4.23. The second-order valence-corrected chi connectivity index (χ2v) is 5.12. The number of aromatic carboxylic acids is 1. The van der Waals surface area contributed by atoms with Crippen LogP contribution in [-0.2, 0) is 6.54 Å². The Kier molecular flexibility index (Phi) is 4.80. The number of aromatic nitrogens is 1. The molecule has 0 unspecified atom stereocenters. The molecule has 1 heterocycles. The number of carboxylic acids is 1. The summed E-state index contributed by atoms with van der Waals surface area (Å²) in [5, 5.41) is 8.91. The van der Waals surface area contributed by atoms with Crippen LogP contribution in [-0.4, -0.2) is 27.7 Å².